The van der Waals surface area contributed by atoms with Crippen molar-refractivity contribution in [2.45, 2.75) is 39.3 Å². The first-order valence-corrected chi connectivity index (χ1v) is 5.95. The molecule has 0 bridgehead atoms. The predicted octanol–water partition coefficient (Wildman–Crippen LogP) is 1.92. The van der Waals surface area contributed by atoms with Crippen LogP contribution in [0.5, 0.6) is 0 Å². The molecule has 0 fully saturated rings. The molecule has 0 radical (unpaired) electrons. The van der Waals surface area contributed by atoms with E-state index in [4.69, 9.17) is 11.6 Å². The topological polar surface area (TPSA) is 55.3 Å². The lowest BCUT2D eigenvalue weighted by atomic mass is 9.90. The lowest BCUT2D eigenvalue weighted by Crippen LogP contribution is -2.45. The van der Waals surface area contributed by atoms with E-state index in [1.165, 1.54) is 11.1 Å². The van der Waals surface area contributed by atoms with E-state index in [9.17, 15) is 0 Å². The van der Waals surface area contributed by atoms with Crippen molar-refractivity contribution < 1.29 is 0 Å². The van der Waals surface area contributed by atoms with Crippen molar-refractivity contribution >= 4 is 5.69 Å². The number of nitrogens with two attached hydrogens (primary N) is 2. The zero-order valence-corrected chi connectivity index (χ0v) is 10.1. The van der Waals surface area contributed by atoms with Gasteiger partial charge in [-0.25, -0.2) is 5.01 Å². The maximum Gasteiger partial charge on any atom is 0.0385 e. The van der Waals surface area contributed by atoms with Crippen LogP contribution in [0.25, 0.3) is 0 Å². The second kappa shape index (κ2) is 4.44. The predicted molar refractivity (Wildman–Crippen MR) is 67.5 cm³/mol. The van der Waals surface area contributed by atoms with Crippen LogP contribution < -0.4 is 11.6 Å². The first-order valence-electron chi connectivity index (χ1n) is 5.95. The first kappa shape index (κ1) is 11.4. The molecule has 1 atom stereocenters. The molecule has 0 aromatic heterocycles. The van der Waals surface area contributed by atoms with Gasteiger partial charge in [-0.3, -0.25) is 5.84 Å². The Balaban J connectivity index is 2.19. The van der Waals surface area contributed by atoms with Crippen LogP contribution in [0.15, 0.2) is 18.2 Å². The number of benzene rings is 1. The molecule has 4 N–H and O–H groups in total. The largest absolute Gasteiger partial charge is 0.399 e. The fraction of sp³-hybridized carbons (Fsp3) is 0.538. The molecule has 3 heteroatoms. The van der Waals surface area contributed by atoms with Gasteiger partial charge in [0, 0.05) is 18.3 Å². The number of hydrogen-bond donors (Lipinski definition) is 2. The highest BCUT2D eigenvalue weighted by atomic mass is 15.4. The van der Waals surface area contributed by atoms with Gasteiger partial charge in [0.25, 0.3) is 0 Å². The second-order valence-corrected chi connectivity index (χ2v) is 5.19. The summed E-state index contributed by atoms with van der Waals surface area (Å²) in [5, 5.41) is 1.97. The average molecular weight is 219 g/mol. The zero-order valence-electron chi connectivity index (χ0n) is 10.1. The van der Waals surface area contributed by atoms with Gasteiger partial charge in [-0.05, 0) is 42.0 Å². The Morgan fingerprint density at radius 3 is 2.81 bits per heavy atom. The molecule has 1 unspecified atom stereocenters. The Hall–Kier alpha value is -1.06. The van der Waals surface area contributed by atoms with E-state index >= 15 is 0 Å². The normalized spacial score (nSPS) is 21.1. The molecule has 88 valence electrons. The third kappa shape index (κ3) is 2.36. The molecule has 3 nitrogen and oxygen atoms in total. The van der Waals surface area contributed by atoms with E-state index in [1.807, 2.05) is 11.1 Å². The summed E-state index contributed by atoms with van der Waals surface area (Å²) < 4.78 is 0. The molecule has 0 saturated heterocycles. The summed E-state index contributed by atoms with van der Waals surface area (Å²) in [7, 11) is 0. The molecule has 1 aliphatic rings. The van der Waals surface area contributed by atoms with E-state index in [2.05, 4.69) is 26.0 Å². The Labute approximate surface area is 97.4 Å². The SMILES string of the molecule is CC(C)CC1Cc2cc(N)ccc2CN1N. The summed E-state index contributed by atoms with van der Waals surface area (Å²) in [6, 6.07) is 6.59. The molecule has 1 aromatic carbocycles. The summed E-state index contributed by atoms with van der Waals surface area (Å²) >= 11 is 0. The van der Waals surface area contributed by atoms with Crippen LogP contribution >= 0.6 is 0 Å². The summed E-state index contributed by atoms with van der Waals surface area (Å²) in [4.78, 5) is 0. The van der Waals surface area contributed by atoms with Gasteiger partial charge < -0.3 is 5.73 Å². The Bertz CT molecular complexity index is 373. The number of hydrogen-bond acceptors (Lipinski definition) is 3. The van der Waals surface area contributed by atoms with Gasteiger partial charge in [0.2, 0.25) is 0 Å². The van der Waals surface area contributed by atoms with Crippen molar-refractivity contribution in [1.82, 2.24) is 5.01 Å². The minimum atomic E-state index is 0.453. The number of hydrazine groups is 1. The maximum atomic E-state index is 6.08. The lowest BCUT2D eigenvalue weighted by Gasteiger charge is -2.34. The van der Waals surface area contributed by atoms with Crippen LogP contribution in [0.4, 0.5) is 5.69 Å². The van der Waals surface area contributed by atoms with Gasteiger partial charge in [-0.15, -0.1) is 0 Å². The molecular formula is C13H21N3. The molecule has 0 saturated carbocycles. The minimum Gasteiger partial charge on any atom is -0.399 e. The highest BCUT2D eigenvalue weighted by Crippen LogP contribution is 2.26. The molecule has 16 heavy (non-hydrogen) atoms. The van der Waals surface area contributed by atoms with Gasteiger partial charge in [0.1, 0.15) is 0 Å². The average Bonchev–Trinajstić information content (AvgIpc) is 2.19. The molecule has 0 aliphatic carbocycles. The third-order valence-corrected chi connectivity index (χ3v) is 3.25. The molecule has 0 spiro atoms. The van der Waals surface area contributed by atoms with E-state index < -0.39 is 0 Å². The Kier molecular flexibility index (Phi) is 3.17. The first-order chi connectivity index (χ1) is 7.56. The number of anilines is 1. The fourth-order valence-corrected chi connectivity index (χ4v) is 2.45. The maximum absolute atomic E-state index is 6.08. The number of rotatable bonds is 2. The molecule has 0 amide bonds. The number of nitrogens with zero attached hydrogens (tertiary/aromatic N) is 1. The molecule has 1 aliphatic heterocycles. The smallest absolute Gasteiger partial charge is 0.0385 e. The summed E-state index contributed by atoms with van der Waals surface area (Å²) in [6.07, 6.45) is 2.17. The van der Waals surface area contributed by atoms with Gasteiger partial charge in [0.05, 0.1) is 0 Å². The van der Waals surface area contributed by atoms with Crippen LogP contribution in [0.3, 0.4) is 0 Å². The molecular weight excluding hydrogens is 198 g/mol. The minimum absolute atomic E-state index is 0.453. The summed E-state index contributed by atoms with van der Waals surface area (Å²) in [5.74, 6) is 6.76. The van der Waals surface area contributed by atoms with Gasteiger partial charge >= 0.3 is 0 Å². The second-order valence-electron chi connectivity index (χ2n) is 5.19. The molecule has 1 aromatic rings. The van der Waals surface area contributed by atoms with Crippen LogP contribution in [0, 0.1) is 5.92 Å². The quantitative estimate of drug-likeness (QED) is 0.590. The van der Waals surface area contributed by atoms with Gasteiger partial charge in [-0.1, -0.05) is 19.9 Å². The number of nitrogen functional groups attached to an aromatic ring is 1. The van der Waals surface area contributed by atoms with Crippen molar-refractivity contribution in [3.05, 3.63) is 29.3 Å². The van der Waals surface area contributed by atoms with Crippen LogP contribution in [-0.2, 0) is 13.0 Å². The van der Waals surface area contributed by atoms with Crippen LogP contribution in [0.2, 0.25) is 0 Å². The zero-order chi connectivity index (χ0) is 11.7. The third-order valence-electron chi connectivity index (χ3n) is 3.25. The van der Waals surface area contributed by atoms with E-state index in [1.54, 1.807) is 0 Å². The summed E-state index contributed by atoms with van der Waals surface area (Å²) in [6.45, 7) is 5.32. The number of fused-ring (bicyclic) bond motifs is 1. The standard InChI is InChI=1S/C13H21N3/c1-9(2)5-13-7-11-6-12(14)4-3-10(11)8-16(13)15/h3-4,6,9,13H,5,7-8,14-15H2,1-2H3. The Morgan fingerprint density at radius 2 is 2.12 bits per heavy atom. The van der Waals surface area contributed by atoms with Gasteiger partial charge in [0.15, 0.2) is 0 Å². The van der Waals surface area contributed by atoms with Gasteiger partial charge in [-0.2, -0.15) is 0 Å². The van der Waals surface area contributed by atoms with E-state index in [-0.39, 0.29) is 0 Å². The van der Waals surface area contributed by atoms with Crippen LogP contribution in [0.1, 0.15) is 31.4 Å². The van der Waals surface area contributed by atoms with Crippen molar-refractivity contribution in [2.75, 3.05) is 5.73 Å². The van der Waals surface area contributed by atoms with Crippen molar-refractivity contribution in [3.63, 3.8) is 0 Å². The van der Waals surface area contributed by atoms with Crippen molar-refractivity contribution in [2.24, 2.45) is 11.8 Å². The lowest BCUT2D eigenvalue weighted by molar-refractivity contribution is 0.153. The summed E-state index contributed by atoms with van der Waals surface area (Å²) in [5.41, 5.74) is 9.36. The van der Waals surface area contributed by atoms with E-state index in [0.29, 0.717) is 12.0 Å². The molecule has 2 rings (SSSR count). The van der Waals surface area contributed by atoms with Crippen molar-refractivity contribution in [1.29, 1.82) is 0 Å². The Morgan fingerprint density at radius 1 is 1.38 bits per heavy atom. The van der Waals surface area contributed by atoms with Crippen LogP contribution in [-0.4, -0.2) is 11.1 Å². The van der Waals surface area contributed by atoms with E-state index in [0.717, 1.165) is 25.1 Å². The fourth-order valence-electron chi connectivity index (χ4n) is 2.45. The monoisotopic (exact) mass is 219 g/mol. The van der Waals surface area contributed by atoms with Crippen molar-refractivity contribution in [3.8, 4) is 0 Å². The molecule has 1 heterocycles. The highest BCUT2D eigenvalue weighted by Gasteiger charge is 2.24. The highest BCUT2D eigenvalue weighted by molar-refractivity contribution is 5.45.